The van der Waals surface area contributed by atoms with Crippen LogP contribution in [-0.4, -0.2) is 21.2 Å². The van der Waals surface area contributed by atoms with Gasteiger partial charge in [0.25, 0.3) is 0 Å². The summed E-state index contributed by atoms with van der Waals surface area (Å²) in [6, 6.07) is 0. The van der Waals surface area contributed by atoms with Crippen molar-refractivity contribution in [3.8, 4) is 0 Å². The molecule has 0 aromatic carbocycles. The predicted octanol–water partition coefficient (Wildman–Crippen LogP) is 2.16. The molecule has 0 aromatic rings. The van der Waals surface area contributed by atoms with E-state index in [0.29, 0.717) is 0 Å². The summed E-state index contributed by atoms with van der Waals surface area (Å²) in [6.45, 7) is 3.13. The number of phosphoric acid groups is 1. The largest absolute Gasteiger partial charge is 0.466 e. The van der Waals surface area contributed by atoms with Crippen molar-refractivity contribution in [2.45, 2.75) is 58.3 Å². The molecule has 0 aliphatic carbocycles. The fourth-order valence-corrected chi connectivity index (χ4v) is 1.28. The van der Waals surface area contributed by atoms with E-state index >= 15 is 0 Å². The minimum atomic E-state index is -4.64. The fraction of sp³-hybridized carbons (Fsp3) is 1.00. The van der Waals surface area contributed by atoms with Crippen molar-refractivity contribution in [1.29, 1.82) is 0 Å². The molecule has 0 amide bonds. The highest BCUT2D eigenvalue weighted by atomic mass is 31.2. The van der Waals surface area contributed by atoms with Gasteiger partial charge in [0.15, 0.2) is 0 Å². The molecule has 5 N–H and O–H groups in total. The third-order valence-electron chi connectivity index (χ3n) is 2.06. The molecule has 6 heteroatoms. The molecular formula is C10H26NO4P. The maximum atomic E-state index is 8.88. The molecule has 0 atom stereocenters. The Balaban J connectivity index is 0. The van der Waals surface area contributed by atoms with Crippen LogP contribution in [0.3, 0.4) is 0 Å². The van der Waals surface area contributed by atoms with Gasteiger partial charge in [-0.3, -0.25) is 0 Å². The summed E-state index contributed by atoms with van der Waals surface area (Å²) >= 11 is 0. The molecule has 0 heterocycles. The van der Waals surface area contributed by atoms with Crippen LogP contribution in [0.2, 0.25) is 0 Å². The second-order valence-corrected chi connectivity index (χ2v) is 4.80. The fourth-order valence-electron chi connectivity index (χ4n) is 1.28. The van der Waals surface area contributed by atoms with Gasteiger partial charge in [0.1, 0.15) is 0 Å². The first-order valence-corrected chi connectivity index (χ1v) is 7.46. The summed E-state index contributed by atoms with van der Waals surface area (Å²) < 4.78 is 8.88. The Bertz CT molecular complexity index is 156. The number of unbranched alkanes of at least 4 members (excludes halogenated alkanes) is 7. The van der Waals surface area contributed by atoms with E-state index in [0.717, 1.165) is 6.54 Å². The van der Waals surface area contributed by atoms with E-state index in [9.17, 15) is 0 Å². The average Bonchev–Trinajstić information content (AvgIpc) is 2.14. The summed E-state index contributed by atoms with van der Waals surface area (Å²) in [6.07, 6.45) is 11.0. The molecule has 0 bridgehead atoms. The number of nitrogens with two attached hydrogens (primary N) is 1. The third kappa shape index (κ3) is 36.9. The summed E-state index contributed by atoms with van der Waals surface area (Å²) in [5.41, 5.74) is 5.39. The zero-order valence-electron chi connectivity index (χ0n) is 10.1. The topological polar surface area (TPSA) is 104 Å². The molecule has 0 saturated heterocycles. The Labute approximate surface area is 98.3 Å². The Morgan fingerprint density at radius 1 is 0.875 bits per heavy atom. The van der Waals surface area contributed by atoms with Crippen molar-refractivity contribution < 1.29 is 19.2 Å². The third-order valence-corrected chi connectivity index (χ3v) is 2.06. The van der Waals surface area contributed by atoms with E-state index in [1.54, 1.807) is 0 Å². The zero-order chi connectivity index (χ0) is 12.9. The Hall–Kier alpha value is 0.0700. The van der Waals surface area contributed by atoms with Gasteiger partial charge in [-0.1, -0.05) is 51.9 Å². The minimum Gasteiger partial charge on any atom is -0.330 e. The van der Waals surface area contributed by atoms with Crippen LogP contribution in [0, 0.1) is 0 Å². The predicted molar refractivity (Wildman–Crippen MR) is 65.9 cm³/mol. The van der Waals surface area contributed by atoms with E-state index in [1.807, 2.05) is 0 Å². The van der Waals surface area contributed by atoms with Gasteiger partial charge in [0.2, 0.25) is 0 Å². The van der Waals surface area contributed by atoms with Crippen molar-refractivity contribution >= 4 is 7.82 Å². The van der Waals surface area contributed by atoms with Gasteiger partial charge in [0.05, 0.1) is 0 Å². The van der Waals surface area contributed by atoms with Gasteiger partial charge in [-0.15, -0.1) is 0 Å². The van der Waals surface area contributed by atoms with E-state index < -0.39 is 7.82 Å². The molecule has 100 valence electrons. The number of hydrogen-bond donors (Lipinski definition) is 4. The van der Waals surface area contributed by atoms with Crippen molar-refractivity contribution in [3.05, 3.63) is 0 Å². The monoisotopic (exact) mass is 255 g/mol. The summed E-state index contributed by atoms with van der Waals surface area (Å²) in [7, 11) is -4.64. The molecule has 0 fully saturated rings. The summed E-state index contributed by atoms with van der Waals surface area (Å²) in [4.78, 5) is 21.6. The molecule has 0 saturated carbocycles. The lowest BCUT2D eigenvalue weighted by atomic mass is 10.1. The van der Waals surface area contributed by atoms with Gasteiger partial charge < -0.3 is 20.4 Å². The lowest BCUT2D eigenvalue weighted by Crippen LogP contribution is -1.97. The second kappa shape index (κ2) is 13.1. The van der Waals surface area contributed by atoms with Crippen molar-refractivity contribution in [2.24, 2.45) is 5.73 Å². The number of rotatable bonds is 8. The lowest BCUT2D eigenvalue weighted by molar-refractivity contribution is 0.275. The van der Waals surface area contributed by atoms with E-state index in [-0.39, 0.29) is 0 Å². The Morgan fingerprint density at radius 3 is 1.50 bits per heavy atom. The minimum absolute atomic E-state index is 0.870. The van der Waals surface area contributed by atoms with Crippen LogP contribution < -0.4 is 5.73 Å². The van der Waals surface area contributed by atoms with Crippen molar-refractivity contribution in [2.75, 3.05) is 6.54 Å². The van der Waals surface area contributed by atoms with Gasteiger partial charge in [0, 0.05) is 0 Å². The molecule has 0 aliphatic heterocycles. The second-order valence-electron chi connectivity index (χ2n) is 3.78. The Kier molecular flexibility index (Phi) is 15.1. The zero-order valence-corrected chi connectivity index (χ0v) is 11.0. The van der Waals surface area contributed by atoms with Crippen LogP contribution in [0.15, 0.2) is 0 Å². The maximum Gasteiger partial charge on any atom is 0.466 e. The first-order valence-electron chi connectivity index (χ1n) is 5.90. The number of hydrogen-bond acceptors (Lipinski definition) is 2. The molecule has 5 nitrogen and oxygen atoms in total. The molecule has 0 unspecified atom stereocenters. The molecule has 0 spiro atoms. The highest BCUT2D eigenvalue weighted by Crippen LogP contribution is 2.25. The van der Waals surface area contributed by atoms with E-state index in [4.69, 9.17) is 25.0 Å². The molecule has 0 aromatic heterocycles. The van der Waals surface area contributed by atoms with Gasteiger partial charge in [-0.05, 0) is 13.0 Å². The Morgan fingerprint density at radius 2 is 1.19 bits per heavy atom. The van der Waals surface area contributed by atoms with Crippen LogP contribution in [0.5, 0.6) is 0 Å². The smallest absolute Gasteiger partial charge is 0.330 e. The van der Waals surface area contributed by atoms with Gasteiger partial charge in [-0.2, -0.15) is 0 Å². The van der Waals surface area contributed by atoms with Gasteiger partial charge in [-0.25, -0.2) is 4.57 Å². The first-order chi connectivity index (χ1) is 7.41. The van der Waals surface area contributed by atoms with E-state index in [1.165, 1.54) is 51.4 Å². The molecule has 0 radical (unpaired) electrons. The molecule has 0 rings (SSSR count). The summed E-state index contributed by atoms with van der Waals surface area (Å²) in [5, 5.41) is 0. The normalized spacial score (nSPS) is 10.8. The van der Waals surface area contributed by atoms with Crippen molar-refractivity contribution in [3.63, 3.8) is 0 Å². The van der Waals surface area contributed by atoms with Crippen molar-refractivity contribution in [1.82, 2.24) is 0 Å². The average molecular weight is 255 g/mol. The SMILES string of the molecule is CCCCCCCCCCN.O=P(O)(O)O. The first kappa shape index (κ1) is 18.4. The lowest BCUT2D eigenvalue weighted by Gasteiger charge is -1.99. The summed E-state index contributed by atoms with van der Waals surface area (Å²) in [5.74, 6) is 0. The van der Waals surface area contributed by atoms with Gasteiger partial charge >= 0.3 is 7.82 Å². The van der Waals surface area contributed by atoms with Crippen LogP contribution >= 0.6 is 7.82 Å². The van der Waals surface area contributed by atoms with Crippen LogP contribution in [0.4, 0.5) is 0 Å². The maximum absolute atomic E-state index is 8.88. The highest BCUT2D eigenvalue weighted by molar-refractivity contribution is 7.45. The standard InChI is InChI=1S/C10H23N.H3O4P/c1-2-3-4-5-6-7-8-9-10-11;1-5(2,3)4/h2-11H2,1H3;(H3,1,2,3,4). The molecule has 0 aliphatic rings. The quantitative estimate of drug-likeness (QED) is 0.393. The highest BCUT2D eigenvalue weighted by Gasteiger charge is 2.00. The molecule has 16 heavy (non-hydrogen) atoms. The molecular weight excluding hydrogens is 229 g/mol. The van der Waals surface area contributed by atoms with Crippen LogP contribution in [0.1, 0.15) is 58.3 Å². The van der Waals surface area contributed by atoms with E-state index in [2.05, 4.69) is 6.92 Å². The van der Waals surface area contributed by atoms with Crippen LogP contribution in [0.25, 0.3) is 0 Å². The van der Waals surface area contributed by atoms with Crippen LogP contribution in [-0.2, 0) is 4.57 Å².